The van der Waals surface area contributed by atoms with Crippen molar-refractivity contribution in [1.29, 1.82) is 0 Å². The average Bonchev–Trinajstić information content (AvgIpc) is 2.63. The number of guanidine groups is 1. The topological polar surface area (TPSA) is 87.8 Å². The quantitative estimate of drug-likeness (QED) is 0.234. The first kappa shape index (κ1) is 13.2. The molecule has 90 valence electrons. The van der Waals surface area contributed by atoms with E-state index in [0.717, 1.165) is 5.33 Å². The molecule has 1 aliphatic heterocycles. The number of quaternary nitrogens is 1. The van der Waals surface area contributed by atoms with E-state index in [2.05, 4.69) is 26.2 Å². The first-order valence-electron chi connectivity index (χ1n) is 4.81. The third kappa shape index (κ3) is 2.85. The first-order valence-corrected chi connectivity index (χ1v) is 5.93. The van der Waals surface area contributed by atoms with Crippen LogP contribution in [0.1, 0.15) is 0 Å². The molecule has 0 aromatic heterocycles. The van der Waals surface area contributed by atoms with Crippen molar-refractivity contribution in [3.05, 3.63) is 22.5 Å². The van der Waals surface area contributed by atoms with Crippen LogP contribution in [0.3, 0.4) is 0 Å². The summed E-state index contributed by atoms with van der Waals surface area (Å²) >= 11 is 3.26. The first-order chi connectivity index (χ1) is 7.66. The number of nitro groups is 1. The predicted octanol–water partition coefficient (Wildman–Crippen LogP) is -0.145. The highest BCUT2D eigenvalue weighted by Gasteiger charge is 2.44. The molecule has 0 aromatic carbocycles. The highest BCUT2D eigenvalue weighted by atomic mass is 79.9. The molecule has 0 unspecified atom stereocenters. The molecule has 0 fully saturated rings. The second-order valence-electron chi connectivity index (χ2n) is 3.31. The van der Waals surface area contributed by atoms with Crippen molar-refractivity contribution >= 4 is 21.9 Å². The lowest BCUT2D eigenvalue weighted by molar-refractivity contribution is -0.825. The van der Waals surface area contributed by atoms with Crippen LogP contribution in [-0.2, 0) is 0 Å². The van der Waals surface area contributed by atoms with Crippen LogP contribution in [-0.4, -0.2) is 52.2 Å². The van der Waals surface area contributed by atoms with Gasteiger partial charge in [-0.3, -0.25) is 5.32 Å². The predicted molar refractivity (Wildman–Crippen MR) is 62.4 cm³/mol. The number of aliphatic hydroxyl groups excluding tert-OH is 1. The van der Waals surface area contributed by atoms with Crippen LogP contribution < -0.4 is 5.32 Å². The molecule has 0 radical (unpaired) electrons. The Bertz CT molecular complexity index is 320. The fourth-order valence-electron chi connectivity index (χ4n) is 1.52. The largest absolute Gasteiger partial charge is 0.544 e. The maximum atomic E-state index is 10.8. The highest BCUT2D eigenvalue weighted by molar-refractivity contribution is 9.09. The molecule has 0 spiro atoms. The van der Waals surface area contributed by atoms with Crippen LogP contribution in [0.5, 0.6) is 0 Å². The van der Waals surface area contributed by atoms with E-state index < -0.39 is 4.92 Å². The molecule has 0 aromatic rings. The Labute approximate surface area is 101 Å². The summed E-state index contributed by atoms with van der Waals surface area (Å²) in [7, 11) is 0. The average molecular weight is 294 g/mol. The number of alkyl halides is 1. The van der Waals surface area contributed by atoms with Crippen molar-refractivity contribution in [1.82, 2.24) is 5.32 Å². The van der Waals surface area contributed by atoms with Gasteiger partial charge in [0.1, 0.15) is 13.2 Å². The Morgan fingerprint density at radius 3 is 3.00 bits per heavy atom. The van der Waals surface area contributed by atoms with Gasteiger partial charge in [-0.05, 0) is 0 Å². The summed E-state index contributed by atoms with van der Waals surface area (Å²) in [5.41, 5.74) is 0. The molecule has 0 saturated carbocycles. The van der Waals surface area contributed by atoms with E-state index in [1.807, 2.05) is 0 Å². The van der Waals surface area contributed by atoms with Crippen LogP contribution in [0.4, 0.5) is 0 Å². The van der Waals surface area contributed by atoms with Gasteiger partial charge < -0.3 is 15.2 Å². The van der Waals surface area contributed by atoms with Gasteiger partial charge in [0.2, 0.25) is 0 Å². The van der Waals surface area contributed by atoms with Gasteiger partial charge >= 0.3 is 5.96 Å². The van der Waals surface area contributed by atoms with Crippen molar-refractivity contribution in [3.63, 3.8) is 0 Å². The lowest BCUT2D eigenvalue weighted by atomic mass is 10.4. The summed E-state index contributed by atoms with van der Waals surface area (Å²) in [6.07, 6.45) is 3.03. The maximum absolute atomic E-state index is 10.8. The maximum Gasteiger partial charge on any atom is 0.544 e. The van der Waals surface area contributed by atoms with E-state index in [9.17, 15) is 10.1 Å². The molecule has 16 heavy (non-hydrogen) atoms. The summed E-state index contributed by atoms with van der Waals surface area (Å²) in [6.45, 7) is 1.16. The Morgan fingerprint density at radius 1 is 1.69 bits per heavy atom. The lowest BCUT2D eigenvalue weighted by Gasteiger charge is -2.25. The van der Waals surface area contributed by atoms with Gasteiger partial charge in [-0.25, -0.2) is 0 Å². The number of nitrogens with one attached hydrogen (secondary N) is 1. The Balaban J connectivity index is 2.75. The van der Waals surface area contributed by atoms with E-state index in [-0.39, 0.29) is 23.6 Å². The number of aliphatic hydroxyl groups is 1. The molecule has 1 rings (SSSR count). The van der Waals surface area contributed by atoms with E-state index in [0.29, 0.717) is 13.2 Å². The molecule has 1 aliphatic rings. The van der Waals surface area contributed by atoms with Crippen LogP contribution in [0.2, 0.25) is 0 Å². The molecule has 8 heteroatoms. The van der Waals surface area contributed by atoms with Gasteiger partial charge in [-0.1, -0.05) is 15.9 Å². The number of nitrogens with zero attached hydrogens (tertiary/aromatic N) is 3. The fraction of sp³-hybridized carbons (Fsp3) is 0.625. The molecule has 2 N–H and O–H groups in total. The van der Waals surface area contributed by atoms with E-state index in [4.69, 9.17) is 5.11 Å². The van der Waals surface area contributed by atoms with Gasteiger partial charge in [0.05, 0.1) is 6.61 Å². The summed E-state index contributed by atoms with van der Waals surface area (Å²) in [6, 6.07) is 0. The zero-order valence-corrected chi connectivity index (χ0v) is 10.3. The van der Waals surface area contributed by atoms with Crippen molar-refractivity contribution in [2.45, 2.75) is 0 Å². The van der Waals surface area contributed by atoms with Gasteiger partial charge in [0.25, 0.3) is 0 Å². The van der Waals surface area contributed by atoms with E-state index in [1.54, 1.807) is 6.20 Å². The third-order valence-corrected chi connectivity index (χ3v) is 2.66. The number of halogens is 1. The number of hydrogen-bond acceptors (Lipinski definition) is 5. The van der Waals surface area contributed by atoms with E-state index >= 15 is 0 Å². The number of rotatable bonds is 6. The lowest BCUT2D eigenvalue weighted by Crippen LogP contribution is -2.56. The smallest absolute Gasteiger partial charge is 0.390 e. The van der Waals surface area contributed by atoms with Crippen LogP contribution in [0.15, 0.2) is 17.4 Å². The molecular weight excluding hydrogens is 280 g/mol. The molecule has 0 amide bonds. The highest BCUT2D eigenvalue weighted by Crippen LogP contribution is 2.15. The number of hydrogen-bond donors (Lipinski definition) is 2. The van der Waals surface area contributed by atoms with Crippen molar-refractivity contribution in [3.8, 4) is 0 Å². The van der Waals surface area contributed by atoms with Gasteiger partial charge in [0.15, 0.2) is 12.4 Å². The number of aliphatic imine (C=N–C) groups is 1. The monoisotopic (exact) mass is 293 g/mol. The Hall–Kier alpha value is -0.830. The van der Waals surface area contributed by atoms with Gasteiger partial charge in [0, 0.05) is 21.8 Å². The fourth-order valence-corrected chi connectivity index (χ4v) is 1.80. The Morgan fingerprint density at radius 2 is 2.44 bits per heavy atom. The second-order valence-corrected chi connectivity index (χ2v) is 4.11. The minimum absolute atomic E-state index is 0.0590. The minimum Gasteiger partial charge on any atom is -0.390 e. The normalized spacial score (nSPS) is 23.5. The summed E-state index contributed by atoms with van der Waals surface area (Å²) < 4.78 is -0.0590. The molecule has 1 atom stereocenters. The zero-order valence-electron chi connectivity index (χ0n) is 8.67. The van der Waals surface area contributed by atoms with E-state index in [1.165, 1.54) is 6.20 Å². The summed E-state index contributed by atoms with van der Waals surface area (Å²) in [5.74, 6) is -0.156. The Kier molecular flexibility index (Phi) is 5.00. The van der Waals surface area contributed by atoms with Crippen molar-refractivity contribution in [2.24, 2.45) is 4.99 Å². The second kappa shape index (κ2) is 6.04. The van der Waals surface area contributed by atoms with Crippen molar-refractivity contribution in [2.75, 3.05) is 31.7 Å². The molecule has 0 bridgehead atoms. The summed E-state index contributed by atoms with van der Waals surface area (Å²) in [4.78, 5) is 14.0. The molecule has 7 nitrogen and oxygen atoms in total. The van der Waals surface area contributed by atoms with Crippen LogP contribution >= 0.6 is 15.9 Å². The third-order valence-electron chi connectivity index (χ3n) is 2.27. The SMILES string of the molecule is O=[N+]([O-])C1=NC=C[N@+]1(CCO)CNCCBr. The van der Waals surface area contributed by atoms with Crippen LogP contribution in [0, 0.1) is 10.1 Å². The molecule has 0 aliphatic carbocycles. The van der Waals surface area contributed by atoms with Gasteiger partial charge in [-0.15, -0.1) is 0 Å². The molecule has 0 saturated heterocycles. The van der Waals surface area contributed by atoms with Crippen LogP contribution in [0.25, 0.3) is 0 Å². The standard InChI is InChI=1S/C8H14BrN4O3/c9-1-2-10-7-13(5-6-14)4-3-11-8(13)12(15)16/h3-4,10,14H,1-2,5-7H2/q+1/t13-/m0/s1. The molecule has 1 heterocycles. The van der Waals surface area contributed by atoms with Gasteiger partial charge in [-0.2, -0.15) is 4.48 Å². The minimum atomic E-state index is -0.508. The molecular formula is C8H14BrN4O3+. The summed E-state index contributed by atoms with van der Waals surface area (Å²) in [5, 5.41) is 23.6. The van der Waals surface area contributed by atoms with Crippen molar-refractivity contribution < 1.29 is 14.5 Å². The zero-order chi connectivity index (χ0) is 12.0.